The number of nitrogens with one attached hydrogen (secondary N) is 1. The Bertz CT molecular complexity index is 507. The fraction of sp³-hybridized carbons (Fsp3) is 0.429. The molecule has 0 heterocycles. The number of benzene rings is 1. The number of aliphatic hydroxyl groups is 1. The van der Waals surface area contributed by atoms with Gasteiger partial charge in [-0.1, -0.05) is 26.0 Å². The molecule has 3 N–H and O–H groups in total. The highest BCUT2D eigenvalue weighted by molar-refractivity contribution is 5.99. The molecule has 2 unspecified atom stereocenters. The molecule has 1 saturated carbocycles. The number of carbonyl (C=O) groups excluding carboxylic acids is 1. The van der Waals surface area contributed by atoms with E-state index in [1.54, 1.807) is 38.1 Å². The molecule has 1 amide bonds. The van der Waals surface area contributed by atoms with Gasteiger partial charge in [-0.25, -0.2) is 0 Å². The molecule has 1 fully saturated rings. The van der Waals surface area contributed by atoms with Crippen molar-refractivity contribution in [1.29, 1.82) is 0 Å². The van der Waals surface area contributed by atoms with E-state index in [4.69, 9.17) is 10.2 Å². The molecule has 19 heavy (non-hydrogen) atoms. The zero-order chi connectivity index (χ0) is 14.2. The van der Waals surface area contributed by atoms with Crippen molar-refractivity contribution in [3.05, 3.63) is 29.8 Å². The van der Waals surface area contributed by atoms with Crippen molar-refractivity contribution >= 4 is 17.6 Å². The Balaban J connectivity index is 2.04. The van der Waals surface area contributed by atoms with Crippen LogP contribution in [-0.2, 0) is 16.2 Å². The Kier molecular flexibility index (Phi) is 3.32. The van der Waals surface area contributed by atoms with Gasteiger partial charge >= 0.3 is 5.97 Å². The third kappa shape index (κ3) is 2.46. The highest BCUT2D eigenvalue weighted by Crippen LogP contribution is 2.58. The molecule has 0 aromatic heterocycles. The zero-order valence-electron chi connectivity index (χ0n) is 10.9. The van der Waals surface area contributed by atoms with Crippen molar-refractivity contribution in [2.24, 2.45) is 17.3 Å². The van der Waals surface area contributed by atoms with Crippen molar-refractivity contribution in [1.82, 2.24) is 0 Å². The van der Waals surface area contributed by atoms with E-state index in [0.29, 0.717) is 5.69 Å². The molecule has 1 aromatic rings. The lowest BCUT2D eigenvalue weighted by molar-refractivity contribution is -0.140. The maximum absolute atomic E-state index is 12.0. The number of carboxylic acids is 1. The summed E-state index contributed by atoms with van der Waals surface area (Å²) in [6.07, 6.45) is 0. The van der Waals surface area contributed by atoms with E-state index in [1.807, 2.05) is 0 Å². The highest BCUT2D eigenvalue weighted by Gasteiger charge is 2.65. The number of aliphatic hydroxyl groups excluding tert-OH is 1. The summed E-state index contributed by atoms with van der Waals surface area (Å²) in [6.45, 7) is 3.51. The van der Waals surface area contributed by atoms with Crippen LogP contribution in [0.2, 0.25) is 0 Å². The zero-order valence-corrected chi connectivity index (χ0v) is 10.9. The second-order valence-electron chi connectivity index (χ2n) is 5.46. The lowest BCUT2D eigenvalue weighted by Crippen LogP contribution is -2.17. The molecule has 2 rings (SSSR count). The van der Waals surface area contributed by atoms with Gasteiger partial charge in [0.15, 0.2) is 0 Å². The van der Waals surface area contributed by atoms with Gasteiger partial charge in [0.2, 0.25) is 5.91 Å². The van der Waals surface area contributed by atoms with E-state index in [0.717, 1.165) is 5.56 Å². The summed E-state index contributed by atoms with van der Waals surface area (Å²) in [5, 5.41) is 20.7. The summed E-state index contributed by atoms with van der Waals surface area (Å²) < 4.78 is 0. The monoisotopic (exact) mass is 263 g/mol. The van der Waals surface area contributed by atoms with Crippen LogP contribution in [0.1, 0.15) is 19.4 Å². The summed E-state index contributed by atoms with van der Waals surface area (Å²) in [6, 6.07) is 6.80. The van der Waals surface area contributed by atoms with Crippen LogP contribution in [0, 0.1) is 17.3 Å². The molecule has 2 atom stereocenters. The number of hydrogen-bond donors (Lipinski definition) is 3. The van der Waals surface area contributed by atoms with Crippen molar-refractivity contribution in [2.75, 3.05) is 5.32 Å². The minimum atomic E-state index is -0.930. The van der Waals surface area contributed by atoms with Crippen molar-refractivity contribution in [3.63, 3.8) is 0 Å². The van der Waals surface area contributed by atoms with Gasteiger partial charge in [0, 0.05) is 5.69 Å². The molecule has 0 spiro atoms. The molecule has 1 aliphatic rings. The highest BCUT2D eigenvalue weighted by atomic mass is 16.4. The Labute approximate surface area is 111 Å². The number of hydrogen-bond acceptors (Lipinski definition) is 3. The quantitative estimate of drug-likeness (QED) is 0.767. The van der Waals surface area contributed by atoms with Gasteiger partial charge in [-0.2, -0.15) is 0 Å². The minimum Gasteiger partial charge on any atom is -0.481 e. The minimum absolute atomic E-state index is 0.0506. The third-order valence-electron chi connectivity index (χ3n) is 3.78. The number of anilines is 1. The smallest absolute Gasteiger partial charge is 0.307 e. The van der Waals surface area contributed by atoms with Crippen LogP contribution in [-0.4, -0.2) is 22.1 Å². The number of amides is 1. The summed E-state index contributed by atoms with van der Waals surface area (Å²) in [5.74, 6) is -2.32. The average Bonchev–Trinajstić information content (AvgIpc) is 2.93. The Morgan fingerprint density at radius 2 is 1.79 bits per heavy atom. The second kappa shape index (κ2) is 4.66. The Morgan fingerprint density at radius 1 is 1.21 bits per heavy atom. The van der Waals surface area contributed by atoms with Crippen LogP contribution >= 0.6 is 0 Å². The van der Waals surface area contributed by atoms with Gasteiger partial charge in [-0.15, -0.1) is 0 Å². The predicted molar refractivity (Wildman–Crippen MR) is 69.4 cm³/mol. The van der Waals surface area contributed by atoms with E-state index in [9.17, 15) is 9.59 Å². The molecule has 0 aliphatic heterocycles. The van der Waals surface area contributed by atoms with Gasteiger partial charge in [-0.3, -0.25) is 9.59 Å². The first kappa shape index (κ1) is 13.5. The van der Waals surface area contributed by atoms with Crippen LogP contribution in [0.5, 0.6) is 0 Å². The summed E-state index contributed by atoms with van der Waals surface area (Å²) >= 11 is 0. The fourth-order valence-electron chi connectivity index (χ4n) is 2.50. The summed E-state index contributed by atoms with van der Waals surface area (Å²) in [7, 11) is 0. The van der Waals surface area contributed by atoms with Crippen molar-refractivity contribution < 1.29 is 19.8 Å². The topological polar surface area (TPSA) is 86.6 Å². The SMILES string of the molecule is CC1(C)C(C(=O)O)C1C(=O)Nc1ccc(CO)cc1. The van der Waals surface area contributed by atoms with Gasteiger partial charge in [0.1, 0.15) is 0 Å². The number of rotatable bonds is 4. The normalized spacial score (nSPS) is 23.7. The van der Waals surface area contributed by atoms with Crippen LogP contribution in [0.4, 0.5) is 5.69 Å². The maximum Gasteiger partial charge on any atom is 0.307 e. The van der Waals surface area contributed by atoms with Crippen LogP contribution in [0.15, 0.2) is 24.3 Å². The Hall–Kier alpha value is -1.88. The van der Waals surface area contributed by atoms with E-state index < -0.39 is 23.2 Å². The largest absolute Gasteiger partial charge is 0.481 e. The van der Waals surface area contributed by atoms with Crippen molar-refractivity contribution in [2.45, 2.75) is 20.5 Å². The van der Waals surface area contributed by atoms with E-state index in [2.05, 4.69) is 5.32 Å². The van der Waals surface area contributed by atoms with E-state index >= 15 is 0 Å². The van der Waals surface area contributed by atoms with E-state index in [-0.39, 0.29) is 12.5 Å². The molecule has 0 radical (unpaired) electrons. The van der Waals surface area contributed by atoms with Crippen molar-refractivity contribution in [3.8, 4) is 0 Å². The van der Waals surface area contributed by atoms with Crippen LogP contribution in [0.3, 0.4) is 0 Å². The summed E-state index contributed by atoms with van der Waals surface area (Å²) in [4.78, 5) is 23.1. The van der Waals surface area contributed by atoms with Gasteiger partial charge in [0.05, 0.1) is 18.4 Å². The van der Waals surface area contributed by atoms with Gasteiger partial charge < -0.3 is 15.5 Å². The lowest BCUT2D eigenvalue weighted by Gasteiger charge is -2.06. The van der Waals surface area contributed by atoms with Gasteiger partial charge in [-0.05, 0) is 23.1 Å². The molecule has 1 aromatic carbocycles. The standard InChI is InChI=1S/C14H17NO4/c1-14(2)10(11(14)13(18)19)12(17)15-9-5-3-8(7-16)4-6-9/h3-6,10-11,16H,7H2,1-2H3,(H,15,17)(H,18,19). The third-order valence-corrected chi connectivity index (χ3v) is 3.78. The van der Waals surface area contributed by atoms with Crippen LogP contribution in [0.25, 0.3) is 0 Å². The molecular formula is C14H17NO4. The molecule has 0 bridgehead atoms. The summed E-state index contributed by atoms with van der Waals surface area (Å²) in [5.41, 5.74) is 0.864. The average molecular weight is 263 g/mol. The number of carboxylic acid groups (broad SMARTS) is 1. The van der Waals surface area contributed by atoms with Gasteiger partial charge in [0.25, 0.3) is 0 Å². The molecule has 5 heteroatoms. The second-order valence-corrected chi connectivity index (χ2v) is 5.46. The van der Waals surface area contributed by atoms with E-state index in [1.165, 1.54) is 0 Å². The first-order valence-corrected chi connectivity index (χ1v) is 6.11. The molecule has 1 aliphatic carbocycles. The predicted octanol–water partition coefficient (Wildman–Crippen LogP) is 1.47. The fourth-order valence-corrected chi connectivity index (χ4v) is 2.50. The maximum atomic E-state index is 12.0. The Morgan fingerprint density at radius 3 is 2.21 bits per heavy atom. The molecular weight excluding hydrogens is 246 g/mol. The van der Waals surface area contributed by atoms with Crippen LogP contribution < -0.4 is 5.32 Å². The lowest BCUT2D eigenvalue weighted by atomic mass is 10.1. The molecule has 0 saturated heterocycles. The first-order valence-electron chi connectivity index (χ1n) is 6.11. The number of aliphatic carboxylic acids is 1. The number of carbonyl (C=O) groups is 2. The molecule has 102 valence electrons. The first-order chi connectivity index (χ1) is 8.87. The molecule has 5 nitrogen and oxygen atoms in total.